The van der Waals surface area contributed by atoms with Crippen molar-refractivity contribution in [3.63, 3.8) is 0 Å². The van der Waals surface area contributed by atoms with E-state index in [1.165, 1.54) is 49.6 Å². The van der Waals surface area contributed by atoms with Crippen LogP contribution in [-0.2, 0) is 47.9 Å². The van der Waals surface area contributed by atoms with Crippen LogP contribution < -0.4 is 74.7 Å². The van der Waals surface area contributed by atoms with Crippen molar-refractivity contribution in [2.45, 2.75) is 238 Å². The van der Waals surface area contributed by atoms with E-state index < -0.39 is 77.1 Å². The number of amides is 5. The summed E-state index contributed by atoms with van der Waals surface area (Å²) in [6.45, 7) is 5.98. The van der Waals surface area contributed by atoms with E-state index in [1.807, 2.05) is 0 Å². The Morgan fingerprint density at radius 1 is 0.392 bits per heavy atom. The van der Waals surface area contributed by atoms with Crippen LogP contribution in [0.5, 0.6) is 46.0 Å². The molecule has 0 aromatic heterocycles. The van der Waals surface area contributed by atoms with Crippen molar-refractivity contribution in [2.24, 2.45) is 16.2 Å². The van der Waals surface area contributed by atoms with Gasteiger partial charge in [0, 0.05) is 141 Å². The van der Waals surface area contributed by atoms with Crippen LogP contribution in [0.2, 0.25) is 15.1 Å². The smallest absolute Gasteiger partial charge is 0.325 e. The molecule has 13 fully saturated rings. The number of esters is 1. The van der Waals surface area contributed by atoms with Gasteiger partial charge in [0.1, 0.15) is 75.8 Å². The van der Waals surface area contributed by atoms with Crippen LogP contribution in [0.1, 0.15) is 186 Å². The maximum atomic E-state index is 13.7. The van der Waals surface area contributed by atoms with Gasteiger partial charge < -0.3 is 89.6 Å². The lowest BCUT2D eigenvalue weighted by Gasteiger charge is -2.70. The fourth-order valence-electron chi connectivity index (χ4n) is 23.4. The average molecular weight is 2040 g/mol. The van der Waals surface area contributed by atoms with Gasteiger partial charge in [-0.3, -0.25) is 43.2 Å². The van der Waals surface area contributed by atoms with E-state index in [0.29, 0.717) is 172 Å². The zero-order valence-corrected chi connectivity index (χ0v) is 80.9. The van der Waals surface area contributed by atoms with Gasteiger partial charge >= 0.3 is 5.97 Å². The first-order valence-corrected chi connectivity index (χ1v) is 48.4. The number of ketones is 3. The Bertz CT molecular complexity index is 6350. The quantitative estimate of drug-likeness (QED) is 0.0148. The molecule has 7 atom stereocenters. The van der Waals surface area contributed by atoms with Crippen LogP contribution in [0.3, 0.4) is 0 Å². The molecule has 27 nitrogen and oxygen atoms in total. The number of benzene rings is 8. The number of aryl methyl sites for hydroxylation is 4. The Hall–Kier alpha value is -12.0. The van der Waals surface area contributed by atoms with Crippen molar-refractivity contribution >= 4 is 93.3 Å². The molecule has 8 aromatic carbocycles. The minimum Gasteiger partial charge on any atom is -0.484 e. The summed E-state index contributed by atoms with van der Waals surface area (Å²) in [4.78, 5) is 115. The van der Waals surface area contributed by atoms with Crippen LogP contribution in [0.25, 0.3) is 0 Å². The number of anilines is 1. The first kappa shape index (κ1) is 101. The number of hydrogen-bond acceptors (Lipinski definition) is 22. The van der Waals surface area contributed by atoms with Gasteiger partial charge in [0.2, 0.25) is 0 Å². The van der Waals surface area contributed by atoms with Gasteiger partial charge in [-0.1, -0.05) is 46.9 Å². The van der Waals surface area contributed by atoms with Gasteiger partial charge in [0.05, 0.1) is 31.5 Å². The zero-order valence-electron chi connectivity index (χ0n) is 78.6. The minimum atomic E-state index is -2.64. The van der Waals surface area contributed by atoms with Crippen molar-refractivity contribution < 1.29 is 131 Å². The summed E-state index contributed by atoms with van der Waals surface area (Å²) in [6, 6.07) is 33.9. The first-order valence-electron chi connectivity index (χ1n) is 47.3. The number of ether oxygens (including phenoxy) is 9. The highest BCUT2D eigenvalue weighted by molar-refractivity contribution is 6.31. The van der Waals surface area contributed by atoms with Crippen molar-refractivity contribution in [1.82, 2.24) is 31.9 Å². The SMILES string of the molecule is COC(=O)CN1C[C@@H](C(=O)CC23CC(NC(=O)COc4ccc(C)c(F)c4)(C2)C3)Oc2ccc(Cl)cc21.Cc1cc(OCC(=O)NC23CC(CC(=O)[C@@H]4C[C@H](O)c5cc(Cl)ccc5O4)(C2)C3)ccc1F.Cc1cc(OCC(=O)NC23CC(NC(=O)[C@H]4C[C@@H](O)c5cc(F)c(F)cc5O4)(C2)C3)ccc1F.Cc1ccc(OCC(=O)NC23CC(CC(=O)C4CC(NC5CC(F)(F)C5)c5cc(Cl)ccc5O4)(C2)C3)cc1F. The number of carbonyl (C=O) groups is 9. The molecular formula is C105H106Cl3F8N7O20. The second-order valence-corrected chi connectivity index (χ2v) is 42.8. The predicted molar refractivity (Wildman–Crippen MR) is 503 cm³/mol. The van der Waals surface area contributed by atoms with Gasteiger partial charge in [-0.05, 0) is 252 Å². The number of halogens is 11. The summed E-state index contributed by atoms with van der Waals surface area (Å²) in [6.07, 6.45) is 4.12. The number of nitrogens with zero attached hydrogens (tertiary/aromatic N) is 1. The van der Waals surface area contributed by atoms with E-state index in [2.05, 4.69) is 31.9 Å². The van der Waals surface area contributed by atoms with Crippen LogP contribution in [0, 0.1) is 78.8 Å². The molecule has 13 aliphatic carbocycles. The van der Waals surface area contributed by atoms with Crippen molar-refractivity contribution in [1.29, 1.82) is 0 Å². The van der Waals surface area contributed by atoms with E-state index in [1.54, 1.807) is 118 Å². The third-order valence-electron chi connectivity index (χ3n) is 29.7. The number of Topliss-reactive ketones (excluding diaryl/α,β-unsaturated/α-hetero) is 3. The second-order valence-electron chi connectivity index (χ2n) is 41.5. The molecule has 8 N–H and O–H groups in total. The van der Waals surface area contributed by atoms with Gasteiger partial charge in [-0.25, -0.2) is 35.1 Å². The fraction of sp³-hybridized carbons (Fsp3) is 0.457. The number of methoxy groups -OCH3 is 1. The largest absolute Gasteiger partial charge is 0.484 e. The molecule has 0 spiro atoms. The van der Waals surface area contributed by atoms with Gasteiger partial charge in [-0.15, -0.1) is 0 Å². The number of alkyl halides is 2. The highest BCUT2D eigenvalue weighted by atomic mass is 35.5. The van der Waals surface area contributed by atoms with Crippen LogP contribution in [0.4, 0.5) is 40.8 Å². The molecule has 4 aliphatic heterocycles. The summed E-state index contributed by atoms with van der Waals surface area (Å²) < 4.78 is 158. The summed E-state index contributed by atoms with van der Waals surface area (Å²) in [7, 11) is 1.32. The molecule has 5 amide bonds. The number of carbonyl (C=O) groups excluding carboxylic acids is 9. The monoisotopic (exact) mass is 2040 g/mol. The molecule has 0 radical (unpaired) electrons. The summed E-state index contributed by atoms with van der Waals surface area (Å²) in [5.41, 5.74) is 1.83. The van der Waals surface area contributed by atoms with E-state index in [4.69, 9.17) is 77.4 Å². The molecule has 17 aliphatic rings. The van der Waals surface area contributed by atoms with E-state index in [0.717, 1.165) is 37.0 Å². The third-order valence-corrected chi connectivity index (χ3v) is 30.4. The Morgan fingerprint density at radius 2 is 0.762 bits per heavy atom. The molecule has 0 saturated heterocycles. The maximum Gasteiger partial charge on any atom is 0.325 e. The molecule has 8 bridgehead atoms. The molecule has 38 heteroatoms. The number of nitrogens with one attached hydrogen (secondary N) is 6. The van der Waals surface area contributed by atoms with Crippen LogP contribution in [-0.4, -0.2) is 174 Å². The predicted octanol–water partition coefficient (Wildman–Crippen LogP) is 15.7. The highest BCUT2D eigenvalue weighted by Crippen LogP contribution is 2.71. The third kappa shape index (κ3) is 22.0. The highest BCUT2D eigenvalue weighted by Gasteiger charge is 2.72. The lowest BCUT2D eigenvalue weighted by atomic mass is 9.38. The Labute approximate surface area is 832 Å². The zero-order chi connectivity index (χ0) is 102. The lowest BCUT2D eigenvalue weighted by molar-refractivity contribution is -0.177. The topological polar surface area (TPSA) is 353 Å². The minimum absolute atomic E-state index is 0.0193. The number of fused-ring (bicyclic) bond motifs is 4. The molecule has 4 heterocycles. The number of aliphatic hydroxyl groups excluding tert-OH is 2. The molecule has 25 rings (SSSR count). The van der Waals surface area contributed by atoms with Crippen molar-refractivity contribution in [3.8, 4) is 46.0 Å². The average Bonchev–Trinajstić information content (AvgIpc) is 0.692. The lowest BCUT2D eigenvalue weighted by Crippen LogP contribution is -2.84. The summed E-state index contributed by atoms with van der Waals surface area (Å²) in [5, 5.41) is 40.4. The van der Waals surface area contributed by atoms with Crippen molar-refractivity contribution in [2.75, 3.05) is 51.5 Å². The molecule has 2 unspecified atom stereocenters. The summed E-state index contributed by atoms with van der Waals surface area (Å²) in [5.74, 6) is -5.45. The molecule has 8 aromatic rings. The van der Waals surface area contributed by atoms with Crippen molar-refractivity contribution in [3.05, 3.63) is 228 Å². The Balaban J connectivity index is 0.000000126. The maximum absolute atomic E-state index is 13.7. The summed E-state index contributed by atoms with van der Waals surface area (Å²) >= 11 is 18.3. The molecular weight excluding hydrogens is 1940 g/mol. The van der Waals surface area contributed by atoms with Crippen LogP contribution >= 0.6 is 34.8 Å². The van der Waals surface area contributed by atoms with Gasteiger partial charge in [0.15, 0.2) is 79.8 Å². The Kier molecular flexibility index (Phi) is 27.7. The van der Waals surface area contributed by atoms with Crippen LogP contribution in [0.15, 0.2) is 140 Å². The molecule has 13 saturated carbocycles. The standard InChI is InChI=1S/C29H30ClF3N2O4.C27H28ClFN2O6.C25H25ClFNO5.C24H23F3N2O5/c1-16-2-4-19(7-21(16)31)38-12-26(37)35-28-13-27(14-28,15-28)11-23(36)25-8-22(34-18-9-29(32,33)10-18)20-6-17(30)3-5-24(20)39-25;1-16-3-5-18(8-19(16)29)36-12-24(33)30-27-13-26(14-27,15-27)9-21(32)23-10-31(11-25(34)35-2)20-7-17(28)4-6-22(20)37-23;1-14-6-16(3-4-18(14)27)32-10-23(31)28-25-11-24(12-25,13-25)9-20(30)22-8-19(29)17-7-15(26)2-5-21(17)33-22;1-12-4-13(2-3-15(12)25)33-8-21(31)28-23-9-24(10-23,11-23)29-22(32)20-7-18(30)14-5-16(26)17(27)6-19(14)34-20/h2-7,18,22,25,34H,8-15H2,1H3,(H,35,37);3-8,23H,9-15H2,1-2H3,(H,30,33);2-7,19,22,29H,8-13H2,1H3,(H,28,31);2-6,18,20,30H,7-11H2,1H3,(H,28,31)(H,29,32)/t;23-,26?,27?;19-,22-,24?,25?;18-,20-,23?,24?/m.001/s1. The normalized spacial score (nSPS) is 28.2. The Morgan fingerprint density at radius 3 is 1.21 bits per heavy atom. The number of hydrogen-bond donors (Lipinski definition) is 8. The molecule has 143 heavy (non-hydrogen) atoms. The van der Waals surface area contributed by atoms with Gasteiger partial charge in [-0.2, -0.15) is 0 Å². The van der Waals surface area contributed by atoms with E-state index >= 15 is 0 Å². The fourth-order valence-corrected chi connectivity index (χ4v) is 23.9. The van der Waals surface area contributed by atoms with E-state index in [9.17, 15) is 88.5 Å². The second kappa shape index (κ2) is 39.2. The van der Waals surface area contributed by atoms with Gasteiger partial charge in [0.25, 0.3) is 35.5 Å². The number of rotatable bonds is 31. The molecule has 758 valence electrons. The first-order chi connectivity index (χ1) is 67.7. The van der Waals surface area contributed by atoms with E-state index in [-0.39, 0.29) is 186 Å². The number of aliphatic hydroxyl groups is 2.